The van der Waals surface area contributed by atoms with Crippen molar-refractivity contribution in [1.29, 1.82) is 0 Å². The SMILES string of the molecule is CNC(=O)c1ccc(O)c(-c2cnc(NC[C@]3(c4ccccc4F)C[C@H](F)C3)nn2)c1. The van der Waals surface area contributed by atoms with Crippen LogP contribution in [0.4, 0.5) is 14.7 Å². The van der Waals surface area contributed by atoms with E-state index in [4.69, 9.17) is 0 Å². The van der Waals surface area contributed by atoms with Gasteiger partial charge in [0.05, 0.1) is 6.20 Å². The summed E-state index contributed by atoms with van der Waals surface area (Å²) in [6.45, 7) is 0.257. The van der Waals surface area contributed by atoms with Crippen LogP contribution in [0.1, 0.15) is 28.8 Å². The lowest BCUT2D eigenvalue weighted by atomic mass is 9.63. The molecule has 1 aromatic heterocycles. The molecule has 1 amide bonds. The molecule has 1 fully saturated rings. The molecule has 3 N–H and O–H groups in total. The molecule has 0 bridgehead atoms. The number of carbonyl (C=O) groups is 1. The van der Waals surface area contributed by atoms with Crippen LogP contribution in [-0.4, -0.2) is 46.0 Å². The lowest BCUT2D eigenvalue weighted by Crippen LogP contribution is -2.48. The van der Waals surface area contributed by atoms with Gasteiger partial charge in [-0.3, -0.25) is 4.79 Å². The number of anilines is 1. The minimum atomic E-state index is -0.974. The quantitative estimate of drug-likeness (QED) is 0.561. The molecular weight excluding hydrogens is 404 g/mol. The molecule has 1 saturated carbocycles. The molecule has 0 unspecified atom stereocenters. The molecule has 31 heavy (non-hydrogen) atoms. The van der Waals surface area contributed by atoms with Gasteiger partial charge in [-0.15, -0.1) is 10.2 Å². The molecule has 1 aliphatic rings. The first-order valence-electron chi connectivity index (χ1n) is 9.80. The molecule has 0 spiro atoms. The molecule has 0 radical (unpaired) electrons. The first-order valence-corrected chi connectivity index (χ1v) is 9.80. The van der Waals surface area contributed by atoms with Gasteiger partial charge in [0, 0.05) is 30.1 Å². The average Bonchev–Trinajstić information content (AvgIpc) is 2.76. The minimum absolute atomic E-state index is 0.0635. The lowest BCUT2D eigenvalue weighted by Gasteiger charge is -2.44. The van der Waals surface area contributed by atoms with Crippen molar-refractivity contribution >= 4 is 11.9 Å². The molecule has 160 valence electrons. The summed E-state index contributed by atoms with van der Waals surface area (Å²) in [5.74, 6) is -0.530. The van der Waals surface area contributed by atoms with Crippen molar-refractivity contribution in [2.75, 3.05) is 18.9 Å². The first kappa shape index (κ1) is 20.6. The zero-order valence-electron chi connectivity index (χ0n) is 16.8. The molecule has 0 aliphatic heterocycles. The highest BCUT2D eigenvalue weighted by Gasteiger charge is 2.47. The highest BCUT2D eigenvalue weighted by molar-refractivity contribution is 5.95. The van der Waals surface area contributed by atoms with Crippen molar-refractivity contribution in [2.24, 2.45) is 0 Å². The molecule has 0 atom stereocenters. The number of hydrogen-bond acceptors (Lipinski definition) is 6. The van der Waals surface area contributed by atoms with E-state index in [0.29, 0.717) is 16.7 Å². The van der Waals surface area contributed by atoms with Crippen LogP contribution < -0.4 is 10.6 Å². The van der Waals surface area contributed by atoms with Crippen LogP contribution in [0.2, 0.25) is 0 Å². The second-order valence-electron chi connectivity index (χ2n) is 7.60. The Labute approximate surface area is 177 Å². The van der Waals surface area contributed by atoms with Gasteiger partial charge in [0.15, 0.2) is 0 Å². The summed E-state index contributed by atoms with van der Waals surface area (Å²) in [7, 11) is 1.51. The van der Waals surface area contributed by atoms with Crippen LogP contribution in [0.25, 0.3) is 11.3 Å². The number of rotatable bonds is 6. The number of phenolic OH excluding ortho intramolecular Hbond substituents is 1. The standard InChI is InChI=1S/C22H21F2N5O2/c1-25-20(31)13-6-7-19(30)15(8-13)18-11-26-21(29-28-18)27-12-22(9-14(23)10-22)16-4-2-3-5-17(16)24/h2-8,11,14,30H,9-10,12H2,1H3,(H,25,31)(H,26,27,29)/t14-,22-. The van der Waals surface area contributed by atoms with Gasteiger partial charge in [-0.25, -0.2) is 13.8 Å². The predicted molar refractivity (Wildman–Crippen MR) is 111 cm³/mol. The van der Waals surface area contributed by atoms with Crippen LogP contribution in [0.15, 0.2) is 48.7 Å². The fourth-order valence-electron chi connectivity index (χ4n) is 3.89. The Morgan fingerprint density at radius 3 is 2.65 bits per heavy atom. The lowest BCUT2D eigenvalue weighted by molar-refractivity contribution is 0.0962. The van der Waals surface area contributed by atoms with Crippen molar-refractivity contribution in [3.8, 4) is 17.0 Å². The fourth-order valence-corrected chi connectivity index (χ4v) is 3.89. The van der Waals surface area contributed by atoms with E-state index in [2.05, 4.69) is 25.8 Å². The molecule has 0 saturated heterocycles. The number of nitrogens with zero attached hydrogens (tertiary/aromatic N) is 3. The van der Waals surface area contributed by atoms with Crippen LogP contribution in [0, 0.1) is 5.82 Å². The summed E-state index contributed by atoms with van der Waals surface area (Å²) < 4.78 is 28.0. The molecule has 7 nitrogen and oxygen atoms in total. The maximum Gasteiger partial charge on any atom is 0.251 e. The van der Waals surface area contributed by atoms with E-state index in [1.54, 1.807) is 18.2 Å². The van der Waals surface area contributed by atoms with Gasteiger partial charge >= 0.3 is 0 Å². The fraction of sp³-hybridized carbons (Fsp3) is 0.273. The topological polar surface area (TPSA) is 100 Å². The summed E-state index contributed by atoms with van der Waals surface area (Å²) in [6.07, 6.45) is 0.865. The number of halogens is 2. The Hall–Kier alpha value is -3.62. The summed E-state index contributed by atoms with van der Waals surface area (Å²) in [5, 5.41) is 23.7. The molecule has 2 aromatic carbocycles. The second kappa shape index (κ2) is 8.25. The van der Waals surface area contributed by atoms with Crippen LogP contribution in [0.5, 0.6) is 5.75 Å². The van der Waals surface area contributed by atoms with E-state index in [1.807, 2.05) is 0 Å². The number of hydrogen-bond donors (Lipinski definition) is 3. The monoisotopic (exact) mass is 425 g/mol. The number of aromatic nitrogens is 3. The average molecular weight is 425 g/mol. The normalized spacial score (nSPS) is 20.0. The number of phenols is 1. The Balaban J connectivity index is 1.52. The van der Waals surface area contributed by atoms with Crippen LogP contribution in [0.3, 0.4) is 0 Å². The highest BCUT2D eigenvalue weighted by atomic mass is 19.1. The van der Waals surface area contributed by atoms with E-state index in [0.717, 1.165) is 0 Å². The summed E-state index contributed by atoms with van der Waals surface area (Å²) in [4.78, 5) is 16.0. The number of carbonyl (C=O) groups excluding carboxylic acids is 1. The third-order valence-electron chi connectivity index (χ3n) is 5.58. The van der Waals surface area contributed by atoms with Crippen molar-refractivity contribution in [3.05, 3.63) is 65.6 Å². The van der Waals surface area contributed by atoms with Crippen molar-refractivity contribution in [1.82, 2.24) is 20.5 Å². The smallest absolute Gasteiger partial charge is 0.251 e. The third-order valence-corrected chi connectivity index (χ3v) is 5.58. The van der Waals surface area contributed by atoms with Crippen LogP contribution in [-0.2, 0) is 5.41 Å². The van der Waals surface area contributed by atoms with Gasteiger partial charge in [0.2, 0.25) is 5.95 Å². The largest absolute Gasteiger partial charge is 0.507 e. The van der Waals surface area contributed by atoms with Gasteiger partial charge < -0.3 is 15.7 Å². The van der Waals surface area contributed by atoms with Gasteiger partial charge in [-0.05, 0) is 42.7 Å². The number of alkyl halides is 1. The summed E-state index contributed by atoms with van der Waals surface area (Å²) in [5.41, 5.74) is 0.751. The van der Waals surface area contributed by atoms with E-state index in [1.165, 1.54) is 37.5 Å². The Morgan fingerprint density at radius 2 is 2.00 bits per heavy atom. The number of benzene rings is 2. The second-order valence-corrected chi connectivity index (χ2v) is 7.60. The zero-order chi connectivity index (χ0) is 22.0. The summed E-state index contributed by atoms with van der Waals surface area (Å²) >= 11 is 0. The molecule has 9 heteroatoms. The molecule has 3 aromatic rings. The van der Waals surface area contributed by atoms with Gasteiger partial charge in [0.1, 0.15) is 23.4 Å². The molecule has 4 rings (SSSR count). The molecule has 1 aliphatic carbocycles. The summed E-state index contributed by atoms with van der Waals surface area (Å²) in [6, 6.07) is 10.8. The van der Waals surface area contributed by atoms with Gasteiger partial charge in [-0.2, -0.15) is 0 Å². The van der Waals surface area contributed by atoms with Crippen molar-refractivity contribution in [2.45, 2.75) is 24.4 Å². The van der Waals surface area contributed by atoms with E-state index >= 15 is 0 Å². The minimum Gasteiger partial charge on any atom is -0.507 e. The Bertz CT molecular complexity index is 1100. The molecule has 1 heterocycles. The van der Waals surface area contributed by atoms with Crippen molar-refractivity contribution in [3.63, 3.8) is 0 Å². The van der Waals surface area contributed by atoms with E-state index < -0.39 is 11.6 Å². The van der Waals surface area contributed by atoms with E-state index in [-0.39, 0.29) is 48.5 Å². The Morgan fingerprint density at radius 1 is 1.23 bits per heavy atom. The number of aromatic hydroxyl groups is 1. The maximum absolute atomic E-state index is 14.3. The predicted octanol–water partition coefficient (Wildman–Crippen LogP) is 3.22. The first-order chi connectivity index (χ1) is 14.9. The zero-order valence-corrected chi connectivity index (χ0v) is 16.8. The van der Waals surface area contributed by atoms with Crippen LogP contribution >= 0.6 is 0 Å². The molecular formula is C22H21F2N5O2. The number of amides is 1. The third kappa shape index (κ3) is 4.03. The van der Waals surface area contributed by atoms with E-state index in [9.17, 15) is 18.7 Å². The van der Waals surface area contributed by atoms with Crippen molar-refractivity contribution < 1.29 is 18.7 Å². The number of nitrogens with one attached hydrogen (secondary N) is 2. The van der Waals surface area contributed by atoms with Gasteiger partial charge in [-0.1, -0.05) is 18.2 Å². The Kier molecular flexibility index (Phi) is 5.50. The van der Waals surface area contributed by atoms with Gasteiger partial charge in [0.25, 0.3) is 5.91 Å². The highest BCUT2D eigenvalue weighted by Crippen LogP contribution is 2.46. The maximum atomic E-state index is 14.3.